The van der Waals surface area contributed by atoms with Gasteiger partial charge in [-0.25, -0.2) is 4.79 Å². The van der Waals surface area contributed by atoms with Crippen molar-refractivity contribution in [3.63, 3.8) is 0 Å². The van der Waals surface area contributed by atoms with Gasteiger partial charge in [-0.2, -0.15) is 0 Å². The average Bonchev–Trinajstić information content (AvgIpc) is 2.56. The summed E-state index contributed by atoms with van der Waals surface area (Å²) in [4.78, 5) is 25.2. The highest BCUT2D eigenvalue weighted by atomic mass is 16.4. The Bertz CT molecular complexity index is 667. The average molecular weight is 311 g/mol. The molecule has 0 aliphatic rings. The molecule has 0 aromatic heterocycles. The van der Waals surface area contributed by atoms with Crippen LogP contribution in [-0.2, 0) is 17.6 Å². The highest BCUT2D eigenvalue weighted by Crippen LogP contribution is 2.09. The third kappa shape index (κ3) is 4.95. The van der Waals surface area contributed by atoms with Crippen molar-refractivity contribution in [3.05, 3.63) is 71.3 Å². The summed E-state index contributed by atoms with van der Waals surface area (Å²) in [5.41, 5.74) is 2.14. The van der Waals surface area contributed by atoms with Crippen molar-refractivity contribution in [2.75, 3.05) is 13.1 Å². The third-order valence-corrected chi connectivity index (χ3v) is 3.78. The van der Waals surface area contributed by atoms with Crippen LogP contribution in [0.5, 0.6) is 0 Å². The van der Waals surface area contributed by atoms with Crippen LogP contribution in [0.25, 0.3) is 0 Å². The largest absolute Gasteiger partial charge is 0.478 e. The SMILES string of the molecule is CCN(CCc1ccccc1)C(=O)Cc1cccc(C(=O)O)c1. The van der Waals surface area contributed by atoms with Gasteiger partial charge in [0.15, 0.2) is 0 Å². The minimum absolute atomic E-state index is 0.0194. The molecule has 4 nitrogen and oxygen atoms in total. The van der Waals surface area contributed by atoms with E-state index in [1.54, 1.807) is 23.1 Å². The lowest BCUT2D eigenvalue weighted by Crippen LogP contribution is -2.34. The van der Waals surface area contributed by atoms with Gasteiger partial charge in [0, 0.05) is 13.1 Å². The smallest absolute Gasteiger partial charge is 0.335 e. The van der Waals surface area contributed by atoms with Crippen LogP contribution in [0.4, 0.5) is 0 Å². The fraction of sp³-hybridized carbons (Fsp3) is 0.263. The van der Waals surface area contributed by atoms with E-state index >= 15 is 0 Å². The van der Waals surface area contributed by atoms with Gasteiger partial charge in [-0.3, -0.25) is 4.79 Å². The van der Waals surface area contributed by atoms with E-state index in [4.69, 9.17) is 5.11 Å². The lowest BCUT2D eigenvalue weighted by Gasteiger charge is -2.21. The Morgan fingerprint density at radius 1 is 1.00 bits per heavy atom. The molecule has 2 rings (SSSR count). The zero-order valence-corrected chi connectivity index (χ0v) is 13.2. The monoisotopic (exact) mass is 311 g/mol. The maximum atomic E-state index is 12.4. The summed E-state index contributed by atoms with van der Waals surface area (Å²) in [6.07, 6.45) is 1.04. The second-order valence-electron chi connectivity index (χ2n) is 5.39. The van der Waals surface area contributed by atoms with Gasteiger partial charge >= 0.3 is 5.97 Å². The molecule has 0 bridgehead atoms. The molecule has 23 heavy (non-hydrogen) atoms. The number of rotatable bonds is 7. The maximum absolute atomic E-state index is 12.4. The Morgan fingerprint density at radius 3 is 2.35 bits per heavy atom. The van der Waals surface area contributed by atoms with Crippen LogP contribution < -0.4 is 0 Å². The highest BCUT2D eigenvalue weighted by molar-refractivity contribution is 5.88. The van der Waals surface area contributed by atoms with Gasteiger partial charge in [0.1, 0.15) is 0 Å². The van der Waals surface area contributed by atoms with Crippen LogP contribution in [0.1, 0.15) is 28.4 Å². The topological polar surface area (TPSA) is 57.6 Å². The second kappa shape index (κ2) is 8.13. The lowest BCUT2D eigenvalue weighted by atomic mass is 10.1. The maximum Gasteiger partial charge on any atom is 0.335 e. The Morgan fingerprint density at radius 2 is 1.70 bits per heavy atom. The fourth-order valence-corrected chi connectivity index (χ4v) is 2.47. The minimum atomic E-state index is -0.976. The molecule has 0 fully saturated rings. The van der Waals surface area contributed by atoms with Gasteiger partial charge in [-0.1, -0.05) is 42.5 Å². The Balaban J connectivity index is 1.97. The molecular formula is C19H21NO3. The molecule has 0 saturated heterocycles. The van der Waals surface area contributed by atoms with E-state index in [1.807, 2.05) is 25.1 Å². The molecule has 0 saturated carbocycles. The number of aromatic carboxylic acids is 1. The van der Waals surface area contributed by atoms with E-state index in [-0.39, 0.29) is 17.9 Å². The number of benzene rings is 2. The van der Waals surface area contributed by atoms with Crippen LogP contribution in [0.15, 0.2) is 54.6 Å². The number of hydrogen-bond acceptors (Lipinski definition) is 2. The summed E-state index contributed by atoms with van der Waals surface area (Å²) >= 11 is 0. The molecule has 0 aliphatic heterocycles. The molecule has 1 N–H and O–H groups in total. The van der Waals surface area contributed by atoms with Crippen LogP contribution in [0.3, 0.4) is 0 Å². The fourth-order valence-electron chi connectivity index (χ4n) is 2.47. The molecule has 0 radical (unpaired) electrons. The summed E-state index contributed by atoms with van der Waals surface area (Å²) in [5, 5.41) is 9.01. The van der Waals surface area contributed by atoms with Crippen molar-refractivity contribution < 1.29 is 14.7 Å². The number of carbonyl (C=O) groups excluding carboxylic acids is 1. The third-order valence-electron chi connectivity index (χ3n) is 3.78. The minimum Gasteiger partial charge on any atom is -0.478 e. The van der Waals surface area contributed by atoms with Crippen LogP contribution in [-0.4, -0.2) is 35.0 Å². The molecule has 0 spiro atoms. The van der Waals surface area contributed by atoms with E-state index in [9.17, 15) is 9.59 Å². The van der Waals surface area contributed by atoms with E-state index in [0.29, 0.717) is 13.1 Å². The van der Waals surface area contributed by atoms with E-state index in [2.05, 4.69) is 12.1 Å². The van der Waals surface area contributed by atoms with Crippen LogP contribution in [0.2, 0.25) is 0 Å². The summed E-state index contributed by atoms with van der Waals surface area (Å²) in [6.45, 7) is 3.26. The first kappa shape index (κ1) is 16.7. The van der Waals surface area contributed by atoms with Crippen molar-refractivity contribution >= 4 is 11.9 Å². The number of hydrogen-bond donors (Lipinski definition) is 1. The zero-order valence-electron chi connectivity index (χ0n) is 13.2. The van der Waals surface area contributed by atoms with Gasteiger partial charge in [0.05, 0.1) is 12.0 Å². The summed E-state index contributed by atoms with van der Waals surface area (Å²) < 4.78 is 0. The summed E-state index contributed by atoms with van der Waals surface area (Å²) in [5.74, 6) is -0.957. The van der Waals surface area contributed by atoms with E-state index in [1.165, 1.54) is 11.6 Å². The molecule has 0 atom stereocenters. The molecule has 2 aromatic carbocycles. The Hall–Kier alpha value is -2.62. The van der Waals surface area contributed by atoms with Crippen molar-refractivity contribution in [2.45, 2.75) is 19.8 Å². The van der Waals surface area contributed by atoms with Crippen molar-refractivity contribution in [2.24, 2.45) is 0 Å². The predicted octanol–water partition coefficient (Wildman–Crippen LogP) is 3.02. The normalized spacial score (nSPS) is 10.3. The van der Waals surface area contributed by atoms with Crippen LogP contribution >= 0.6 is 0 Å². The highest BCUT2D eigenvalue weighted by Gasteiger charge is 2.13. The molecule has 1 amide bonds. The van der Waals surface area contributed by atoms with Crippen molar-refractivity contribution in [3.8, 4) is 0 Å². The predicted molar refractivity (Wildman–Crippen MR) is 89.5 cm³/mol. The van der Waals surface area contributed by atoms with Gasteiger partial charge in [0.2, 0.25) is 5.91 Å². The van der Waals surface area contributed by atoms with E-state index < -0.39 is 5.97 Å². The number of carboxylic acids is 1. The zero-order chi connectivity index (χ0) is 16.7. The van der Waals surface area contributed by atoms with Crippen LogP contribution in [0, 0.1) is 0 Å². The van der Waals surface area contributed by atoms with Crippen molar-refractivity contribution in [1.29, 1.82) is 0 Å². The van der Waals surface area contributed by atoms with Gasteiger partial charge in [-0.15, -0.1) is 0 Å². The van der Waals surface area contributed by atoms with Gasteiger partial charge in [-0.05, 0) is 36.6 Å². The number of carbonyl (C=O) groups is 2. The summed E-state index contributed by atoms with van der Waals surface area (Å²) in [6, 6.07) is 16.6. The molecule has 2 aromatic rings. The van der Waals surface area contributed by atoms with Gasteiger partial charge in [0.25, 0.3) is 0 Å². The Labute approximate surface area is 136 Å². The molecular weight excluding hydrogens is 290 g/mol. The molecule has 120 valence electrons. The number of carboxylic acid groups (broad SMARTS) is 1. The van der Waals surface area contributed by atoms with Crippen molar-refractivity contribution in [1.82, 2.24) is 4.90 Å². The molecule has 0 heterocycles. The first-order valence-electron chi connectivity index (χ1n) is 7.74. The molecule has 0 unspecified atom stereocenters. The standard InChI is InChI=1S/C19H21NO3/c1-2-20(12-11-15-7-4-3-5-8-15)18(21)14-16-9-6-10-17(13-16)19(22)23/h3-10,13H,2,11-12,14H2,1H3,(H,22,23). The first-order chi connectivity index (χ1) is 11.1. The lowest BCUT2D eigenvalue weighted by molar-refractivity contribution is -0.130. The van der Waals surface area contributed by atoms with Gasteiger partial charge < -0.3 is 10.0 Å². The van der Waals surface area contributed by atoms with E-state index in [0.717, 1.165) is 12.0 Å². The number of nitrogens with zero attached hydrogens (tertiary/aromatic N) is 1. The quantitative estimate of drug-likeness (QED) is 0.855. The Kier molecular flexibility index (Phi) is 5.92. The summed E-state index contributed by atoms with van der Waals surface area (Å²) in [7, 11) is 0. The molecule has 4 heteroatoms. The first-order valence-corrected chi connectivity index (χ1v) is 7.74. The second-order valence-corrected chi connectivity index (χ2v) is 5.39. The number of likely N-dealkylation sites (N-methyl/N-ethyl adjacent to an activating group) is 1. The number of amides is 1. The molecule has 0 aliphatic carbocycles.